The van der Waals surface area contributed by atoms with Crippen LogP contribution in [-0.4, -0.2) is 11.9 Å². The zero-order chi connectivity index (χ0) is 16.3. The average Bonchev–Trinajstić information content (AvgIpc) is 2.49. The maximum atomic E-state index is 12.4. The zero-order valence-corrected chi connectivity index (χ0v) is 12.9. The molecule has 2 rings (SSSR count). The summed E-state index contributed by atoms with van der Waals surface area (Å²) in [7, 11) is 0. The SMILES string of the molecule is CCc1c(NC(=O)c2ccc(C)c(C)c2)cccc1C(=O)[O-]. The van der Waals surface area contributed by atoms with Gasteiger partial charge in [0.25, 0.3) is 5.91 Å². The molecule has 114 valence electrons. The van der Waals surface area contributed by atoms with E-state index in [1.165, 1.54) is 6.07 Å². The van der Waals surface area contributed by atoms with Crippen LogP contribution >= 0.6 is 0 Å². The third-order valence-corrected chi connectivity index (χ3v) is 3.77. The van der Waals surface area contributed by atoms with Crippen LogP contribution in [0.3, 0.4) is 0 Å². The highest BCUT2D eigenvalue weighted by Crippen LogP contribution is 2.21. The maximum absolute atomic E-state index is 12.4. The van der Waals surface area contributed by atoms with E-state index in [0.717, 1.165) is 11.1 Å². The van der Waals surface area contributed by atoms with Crippen molar-refractivity contribution in [3.63, 3.8) is 0 Å². The Bertz CT molecular complexity index is 735. The quantitative estimate of drug-likeness (QED) is 0.942. The highest BCUT2D eigenvalue weighted by atomic mass is 16.4. The van der Waals surface area contributed by atoms with Crippen molar-refractivity contribution in [1.82, 2.24) is 0 Å². The van der Waals surface area contributed by atoms with Gasteiger partial charge < -0.3 is 15.2 Å². The molecule has 0 aromatic heterocycles. The lowest BCUT2D eigenvalue weighted by atomic mass is 10.0. The van der Waals surface area contributed by atoms with Crippen LogP contribution in [0.15, 0.2) is 36.4 Å². The molecule has 4 nitrogen and oxygen atoms in total. The number of carboxylic acids is 1. The molecule has 2 aromatic rings. The summed E-state index contributed by atoms with van der Waals surface area (Å²) in [5.74, 6) is -1.49. The molecule has 0 saturated carbocycles. The van der Waals surface area contributed by atoms with Gasteiger partial charge in [-0.1, -0.05) is 25.1 Å². The molecule has 0 saturated heterocycles. The topological polar surface area (TPSA) is 69.2 Å². The molecule has 0 aliphatic carbocycles. The number of rotatable bonds is 4. The Morgan fingerprint density at radius 1 is 1.09 bits per heavy atom. The molecule has 0 aliphatic heterocycles. The summed E-state index contributed by atoms with van der Waals surface area (Å²) in [5.41, 5.74) is 3.88. The van der Waals surface area contributed by atoms with Gasteiger partial charge in [0.05, 0.1) is 5.97 Å². The molecule has 1 amide bonds. The second-order valence-electron chi connectivity index (χ2n) is 5.23. The summed E-state index contributed by atoms with van der Waals surface area (Å²) in [6.45, 7) is 5.77. The minimum Gasteiger partial charge on any atom is -0.545 e. The molecule has 0 fully saturated rings. The van der Waals surface area contributed by atoms with Crippen LogP contribution in [0, 0.1) is 13.8 Å². The third-order valence-electron chi connectivity index (χ3n) is 3.77. The van der Waals surface area contributed by atoms with Crippen LogP contribution in [0.5, 0.6) is 0 Å². The molecule has 0 radical (unpaired) electrons. The fraction of sp³-hybridized carbons (Fsp3) is 0.222. The maximum Gasteiger partial charge on any atom is 0.255 e. The third kappa shape index (κ3) is 3.17. The van der Waals surface area contributed by atoms with E-state index in [4.69, 9.17) is 0 Å². The molecule has 2 aromatic carbocycles. The van der Waals surface area contributed by atoms with Crippen molar-refractivity contribution in [1.29, 1.82) is 0 Å². The molecule has 0 atom stereocenters. The summed E-state index contributed by atoms with van der Waals surface area (Å²) in [6, 6.07) is 10.2. The fourth-order valence-corrected chi connectivity index (χ4v) is 2.35. The highest BCUT2D eigenvalue weighted by Gasteiger charge is 2.12. The molecule has 0 bridgehead atoms. The summed E-state index contributed by atoms with van der Waals surface area (Å²) in [6.07, 6.45) is 0.493. The first-order valence-electron chi connectivity index (χ1n) is 7.16. The van der Waals surface area contributed by atoms with Gasteiger partial charge in [-0.2, -0.15) is 0 Å². The predicted octanol–water partition coefficient (Wildman–Crippen LogP) is 2.48. The van der Waals surface area contributed by atoms with Gasteiger partial charge in [-0.3, -0.25) is 4.79 Å². The normalized spacial score (nSPS) is 10.3. The Morgan fingerprint density at radius 2 is 1.82 bits per heavy atom. The molecule has 4 heteroatoms. The molecule has 0 spiro atoms. The average molecular weight is 296 g/mol. The van der Waals surface area contributed by atoms with E-state index in [1.807, 2.05) is 32.9 Å². The molecular formula is C18H18NO3-. The molecule has 0 heterocycles. The number of carboxylic acid groups (broad SMARTS) is 1. The number of benzene rings is 2. The van der Waals surface area contributed by atoms with Gasteiger partial charge in [0.1, 0.15) is 0 Å². The lowest BCUT2D eigenvalue weighted by molar-refractivity contribution is -0.255. The Kier molecular flexibility index (Phi) is 4.61. The first-order chi connectivity index (χ1) is 10.4. The minimum absolute atomic E-state index is 0.111. The van der Waals surface area contributed by atoms with Gasteiger partial charge in [0.2, 0.25) is 0 Å². The Hall–Kier alpha value is -2.62. The standard InChI is InChI=1S/C18H19NO3/c1-4-14-15(18(21)22)6-5-7-16(14)19-17(20)13-9-8-11(2)12(3)10-13/h5-10H,4H2,1-3H3,(H,19,20)(H,21,22)/p-1. The van der Waals surface area contributed by atoms with Crippen molar-refractivity contribution < 1.29 is 14.7 Å². The number of hydrogen-bond acceptors (Lipinski definition) is 3. The van der Waals surface area contributed by atoms with Crippen LogP contribution in [0.2, 0.25) is 0 Å². The first-order valence-corrected chi connectivity index (χ1v) is 7.16. The summed E-state index contributed by atoms with van der Waals surface area (Å²) in [5, 5.41) is 13.9. The van der Waals surface area contributed by atoms with E-state index in [0.29, 0.717) is 23.2 Å². The minimum atomic E-state index is -1.24. The summed E-state index contributed by atoms with van der Waals surface area (Å²) in [4.78, 5) is 23.5. The van der Waals surface area contributed by atoms with E-state index < -0.39 is 5.97 Å². The predicted molar refractivity (Wildman–Crippen MR) is 84.0 cm³/mol. The van der Waals surface area contributed by atoms with Gasteiger partial charge in [0, 0.05) is 16.8 Å². The van der Waals surface area contributed by atoms with E-state index in [9.17, 15) is 14.7 Å². The number of carbonyl (C=O) groups is 2. The number of hydrogen-bond donors (Lipinski definition) is 1. The van der Waals surface area contributed by atoms with Crippen LogP contribution in [0.4, 0.5) is 5.69 Å². The van der Waals surface area contributed by atoms with Gasteiger partial charge in [-0.15, -0.1) is 0 Å². The molecule has 22 heavy (non-hydrogen) atoms. The Morgan fingerprint density at radius 3 is 2.41 bits per heavy atom. The van der Waals surface area contributed by atoms with Crippen molar-refractivity contribution in [2.45, 2.75) is 27.2 Å². The van der Waals surface area contributed by atoms with Crippen molar-refractivity contribution in [2.75, 3.05) is 5.32 Å². The molecular weight excluding hydrogens is 278 g/mol. The van der Waals surface area contributed by atoms with Crippen LogP contribution < -0.4 is 10.4 Å². The molecule has 0 aliphatic rings. The van der Waals surface area contributed by atoms with Gasteiger partial charge >= 0.3 is 0 Å². The van der Waals surface area contributed by atoms with E-state index in [2.05, 4.69) is 5.32 Å². The Balaban J connectivity index is 2.34. The second-order valence-corrected chi connectivity index (χ2v) is 5.23. The fourth-order valence-electron chi connectivity index (χ4n) is 2.35. The molecule has 0 unspecified atom stereocenters. The number of aromatic carboxylic acids is 1. The van der Waals surface area contributed by atoms with Crippen LogP contribution in [0.25, 0.3) is 0 Å². The highest BCUT2D eigenvalue weighted by molar-refractivity contribution is 6.05. The van der Waals surface area contributed by atoms with Crippen LogP contribution in [-0.2, 0) is 6.42 Å². The number of carbonyl (C=O) groups excluding carboxylic acids is 2. The zero-order valence-electron chi connectivity index (χ0n) is 12.9. The van der Waals surface area contributed by atoms with Crippen molar-refractivity contribution in [2.24, 2.45) is 0 Å². The smallest absolute Gasteiger partial charge is 0.255 e. The summed E-state index contributed by atoms with van der Waals surface area (Å²) >= 11 is 0. The lowest BCUT2D eigenvalue weighted by Crippen LogP contribution is -2.24. The second kappa shape index (κ2) is 6.43. The van der Waals surface area contributed by atoms with Crippen molar-refractivity contribution in [3.8, 4) is 0 Å². The van der Waals surface area contributed by atoms with E-state index in [1.54, 1.807) is 18.2 Å². The van der Waals surface area contributed by atoms with Crippen molar-refractivity contribution in [3.05, 3.63) is 64.2 Å². The van der Waals surface area contributed by atoms with E-state index >= 15 is 0 Å². The largest absolute Gasteiger partial charge is 0.545 e. The van der Waals surface area contributed by atoms with Gasteiger partial charge in [-0.05, 0) is 55.2 Å². The van der Waals surface area contributed by atoms with Crippen molar-refractivity contribution >= 4 is 17.6 Å². The number of amides is 1. The Labute approximate surface area is 129 Å². The molecule has 1 N–H and O–H groups in total. The van der Waals surface area contributed by atoms with Gasteiger partial charge in [0.15, 0.2) is 0 Å². The first kappa shape index (κ1) is 15.8. The lowest BCUT2D eigenvalue weighted by Gasteiger charge is -2.15. The number of nitrogens with one attached hydrogen (secondary N) is 1. The number of aryl methyl sites for hydroxylation is 2. The number of anilines is 1. The van der Waals surface area contributed by atoms with Gasteiger partial charge in [-0.25, -0.2) is 0 Å². The van der Waals surface area contributed by atoms with E-state index in [-0.39, 0.29) is 11.5 Å². The monoisotopic (exact) mass is 296 g/mol. The summed E-state index contributed by atoms with van der Waals surface area (Å²) < 4.78 is 0. The van der Waals surface area contributed by atoms with Crippen LogP contribution in [0.1, 0.15) is 44.3 Å².